The summed E-state index contributed by atoms with van der Waals surface area (Å²) in [5.41, 5.74) is 4.65. The fourth-order valence-electron chi connectivity index (χ4n) is 3.08. The van der Waals surface area contributed by atoms with Gasteiger partial charge < -0.3 is 0 Å². The van der Waals surface area contributed by atoms with E-state index in [1.54, 1.807) is 0 Å². The fourth-order valence-corrected chi connectivity index (χ4v) is 3.08. The van der Waals surface area contributed by atoms with Crippen molar-refractivity contribution in [2.45, 2.75) is 19.8 Å². The minimum absolute atomic E-state index is 0.524. The summed E-state index contributed by atoms with van der Waals surface area (Å²) >= 11 is 0. The quantitative estimate of drug-likeness (QED) is 0.403. The summed E-state index contributed by atoms with van der Waals surface area (Å²) in [4.78, 5) is 4.97. The molecular weight excluding hydrogens is 278 g/mol. The average molecular weight is 297 g/mol. The highest BCUT2D eigenvalue weighted by Gasteiger charge is 2.06. The number of hydrogen-bond acceptors (Lipinski definition) is 1. The van der Waals surface area contributed by atoms with Gasteiger partial charge in [-0.1, -0.05) is 74.5 Å². The van der Waals surface area contributed by atoms with Crippen LogP contribution in [0.2, 0.25) is 0 Å². The molecule has 0 saturated heterocycles. The van der Waals surface area contributed by atoms with E-state index in [-0.39, 0.29) is 0 Å². The van der Waals surface area contributed by atoms with Crippen molar-refractivity contribution in [3.05, 3.63) is 78.4 Å². The molecule has 1 heterocycles. The van der Waals surface area contributed by atoms with Gasteiger partial charge in [0.15, 0.2) is 0 Å². The monoisotopic (exact) mass is 297 g/mol. The van der Waals surface area contributed by atoms with E-state index in [0.717, 1.165) is 11.2 Å². The summed E-state index contributed by atoms with van der Waals surface area (Å²) in [6.07, 6.45) is 0. The van der Waals surface area contributed by atoms with Crippen LogP contribution in [0, 0.1) is 0 Å². The molecule has 0 N–H and O–H groups in total. The lowest BCUT2D eigenvalue weighted by molar-refractivity contribution is 0.867. The molecule has 0 fully saturated rings. The topological polar surface area (TPSA) is 12.9 Å². The van der Waals surface area contributed by atoms with Gasteiger partial charge in [0.25, 0.3) is 0 Å². The minimum Gasteiger partial charge on any atom is -0.247 e. The molecule has 0 aliphatic carbocycles. The molecule has 0 atom stereocenters. The van der Waals surface area contributed by atoms with Crippen molar-refractivity contribution < 1.29 is 0 Å². The number of fused-ring (bicyclic) bond motifs is 3. The summed E-state index contributed by atoms with van der Waals surface area (Å²) in [7, 11) is 0. The van der Waals surface area contributed by atoms with E-state index in [4.69, 9.17) is 4.98 Å². The molecule has 0 aliphatic heterocycles. The van der Waals surface area contributed by atoms with Crippen molar-refractivity contribution in [2.75, 3.05) is 0 Å². The van der Waals surface area contributed by atoms with Crippen molar-refractivity contribution in [3.8, 4) is 11.3 Å². The predicted molar refractivity (Wildman–Crippen MR) is 98.8 cm³/mol. The zero-order valence-electron chi connectivity index (χ0n) is 13.5. The largest absolute Gasteiger partial charge is 0.247 e. The first-order chi connectivity index (χ1) is 11.2. The van der Waals surface area contributed by atoms with Gasteiger partial charge in [-0.3, -0.25) is 0 Å². The highest BCUT2D eigenvalue weighted by atomic mass is 14.7. The number of benzene rings is 3. The smallest absolute Gasteiger partial charge is 0.0787 e. The van der Waals surface area contributed by atoms with Gasteiger partial charge in [0, 0.05) is 16.3 Å². The second-order valence-corrected chi connectivity index (χ2v) is 6.34. The van der Waals surface area contributed by atoms with Crippen LogP contribution in [0.1, 0.15) is 25.3 Å². The third-order valence-electron chi connectivity index (χ3n) is 4.43. The van der Waals surface area contributed by atoms with E-state index in [2.05, 4.69) is 86.6 Å². The fraction of sp³-hybridized carbons (Fsp3) is 0.136. The molecule has 0 aliphatic rings. The highest BCUT2D eigenvalue weighted by molar-refractivity contribution is 6.05. The Bertz CT molecular complexity index is 999. The standard InChI is InChI=1S/C22H19N/c1-15(2)18-7-5-8-19(14-18)21-13-12-17-11-10-16-6-3-4-9-20(16)22(17)23-21/h3-15H,1-2H3. The first-order valence-electron chi connectivity index (χ1n) is 8.11. The molecule has 0 saturated carbocycles. The van der Waals surface area contributed by atoms with Crippen LogP contribution in [0.4, 0.5) is 0 Å². The van der Waals surface area contributed by atoms with Crippen molar-refractivity contribution >= 4 is 21.7 Å². The van der Waals surface area contributed by atoms with Crippen LogP contribution < -0.4 is 0 Å². The molecular formula is C22H19N. The Morgan fingerprint density at radius 3 is 2.39 bits per heavy atom. The zero-order valence-corrected chi connectivity index (χ0v) is 13.5. The molecule has 0 amide bonds. The first-order valence-corrected chi connectivity index (χ1v) is 8.11. The maximum absolute atomic E-state index is 4.97. The highest BCUT2D eigenvalue weighted by Crippen LogP contribution is 2.28. The van der Waals surface area contributed by atoms with Gasteiger partial charge in [-0.15, -0.1) is 0 Å². The van der Waals surface area contributed by atoms with Crippen molar-refractivity contribution in [1.82, 2.24) is 4.98 Å². The van der Waals surface area contributed by atoms with E-state index in [0.29, 0.717) is 5.92 Å². The number of rotatable bonds is 2. The third kappa shape index (κ3) is 2.49. The van der Waals surface area contributed by atoms with Crippen LogP contribution in [0.3, 0.4) is 0 Å². The maximum Gasteiger partial charge on any atom is 0.0787 e. The second kappa shape index (κ2) is 5.51. The van der Waals surface area contributed by atoms with Crippen LogP contribution in [0.15, 0.2) is 72.8 Å². The van der Waals surface area contributed by atoms with Crippen molar-refractivity contribution in [3.63, 3.8) is 0 Å². The molecule has 0 unspecified atom stereocenters. The van der Waals surface area contributed by atoms with Gasteiger partial charge in [-0.25, -0.2) is 4.98 Å². The van der Waals surface area contributed by atoms with Crippen molar-refractivity contribution in [1.29, 1.82) is 0 Å². The molecule has 4 aromatic rings. The van der Waals surface area contributed by atoms with Crippen LogP contribution in [0.25, 0.3) is 32.9 Å². The molecule has 0 bridgehead atoms. The Kier molecular flexibility index (Phi) is 3.34. The van der Waals surface area contributed by atoms with Crippen LogP contribution in [-0.4, -0.2) is 4.98 Å². The number of aromatic nitrogens is 1. The number of nitrogens with zero attached hydrogens (tertiary/aromatic N) is 1. The summed E-state index contributed by atoms with van der Waals surface area (Å²) in [6, 6.07) is 25.8. The SMILES string of the molecule is CC(C)c1cccc(-c2ccc3ccc4ccccc4c3n2)c1. The van der Waals surface area contributed by atoms with Crippen LogP contribution in [-0.2, 0) is 0 Å². The van der Waals surface area contributed by atoms with Crippen LogP contribution >= 0.6 is 0 Å². The summed E-state index contributed by atoms with van der Waals surface area (Å²) in [6.45, 7) is 4.45. The average Bonchev–Trinajstić information content (AvgIpc) is 2.61. The molecule has 0 spiro atoms. The summed E-state index contributed by atoms with van der Waals surface area (Å²) in [5, 5.41) is 3.64. The first kappa shape index (κ1) is 14.0. The van der Waals surface area contributed by atoms with E-state index in [9.17, 15) is 0 Å². The van der Waals surface area contributed by atoms with E-state index in [1.165, 1.54) is 27.3 Å². The van der Waals surface area contributed by atoms with E-state index < -0.39 is 0 Å². The van der Waals surface area contributed by atoms with Gasteiger partial charge in [0.2, 0.25) is 0 Å². The summed E-state index contributed by atoms with van der Waals surface area (Å²) < 4.78 is 0. The molecule has 3 aromatic carbocycles. The maximum atomic E-state index is 4.97. The normalized spacial score (nSPS) is 11.4. The van der Waals surface area contributed by atoms with Gasteiger partial charge in [-0.2, -0.15) is 0 Å². The summed E-state index contributed by atoms with van der Waals surface area (Å²) in [5.74, 6) is 0.524. The molecule has 1 aromatic heterocycles. The van der Waals surface area contributed by atoms with Gasteiger partial charge in [0.1, 0.15) is 0 Å². The molecule has 1 nitrogen and oxygen atoms in total. The minimum atomic E-state index is 0.524. The lowest BCUT2D eigenvalue weighted by Gasteiger charge is -2.09. The Morgan fingerprint density at radius 1 is 0.739 bits per heavy atom. The Morgan fingerprint density at radius 2 is 1.52 bits per heavy atom. The molecule has 23 heavy (non-hydrogen) atoms. The Labute approximate surface area is 136 Å². The molecule has 4 rings (SSSR count). The van der Waals surface area contributed by atoms with Gasteiger partial charge >= 0.3 is 0 Å². The predicted octanol–water partition coefficient (Wildman–Crippen LogP) is 6.18. The molecule has 0 radical (unpaired) electrons. The van der Waals surface area contributed by atoms with Crippen LogP contribution in [0.5, 0.6) is 0 Å². The molecule has 112 valence electrons. The van der Waals surface area contributed by atoms with Crippen molar-refractivity contribution in [2.24, 2.45) is 0 Å². The number of hydrogen-bond donors (Lipinski definition) is 0. The Balaban J connectivity index is 1.94. The molecule has 1 heteroatoms. The lowest BCUT2D eigenvalue weighted by Crippen LogP contribution is -1.90. The van der Waals surface area contributed by atoms with Gasteiger partial charge in [-0.05, 0) is 29.0 Å². The zero-order chi connectivity index (χ0) is 15.8. The lowest BCUT2D eigenvalue weighted by atomic mass is 9.99. The van der Waals surface area contributed by atoms with Gasteiger partial charge in [0.05, 0.1) is 11.2 Å². The third-order valence-corrected chi connectivity index (χ3v) is 4.43. The number of pyridine rings is 1. The van der Waals surface area contributed by atoms with E-state index in [1.807, 2.05) is 0 Å². The Hall–Kier alpha value is -2.67. The van der Waals surface area contributed by atoms with E-state index >= 15 is 0 Å². The second-order valence-electron chi connectivity index (χ2n) is 6.34.